The van der Waals surface area contributed by atoms with Gasteiger partial charge in [0.2, 0.25) is 10.0 Å². The molecule has 0 saturated heterocycles. The van der Waals surface area contributed by atoms with Gasteiger partial charge in [-0.15, -0.1) is 11.3 Å². The summed E-state index contributed by atoms with van der Waals surface area (Å²) in [5.41, 5.74) is 0.398. The summed E-state index contributed by atoms with van der Waals surface area (Å²) in [5, 5.41) is 10.9. The Hall–Kier alpha value is -0.430. The molecule has 96 valence electrons. The predicted molar refractivity (Wildman–Crippen MR) is 67.6 cm³/mol. The third-order valence-corrected chi connectivity index (χ3v) is 6.33. The highest BCUT2D eigenvalue weighted by Crippen LogP contribution is 2.34. The summed E-state index contributed by atoms with van der Waals surface area (Å²) in [4.78, 5) is 0.774. The molecule has 1 aromatic rings. The molecule has 0 unspecified atom stereocenters. The second-order valence-electron chi connectivity index (χ2n) is 4.85. The lowest BCUT2D eigenvalue weighted by Gasteiger charge is -2.38. The number of aryl methyl sites for hydroxylation is 1. The van der Waals surface area contributed by atoms with Gasteiger partial charge in [0.05, 0.1) is 11.5 Å². The Morgan fingerprint density at radius 1 is 1.53 bits per heavy atom. The van der Waals surface area contributed by atoms with E-state index in [0.717, 1.165) is 19.3 Å². The average Bonchev–Trinajstić information content (AvgIpc) is 2.57. The summed E-state index contributed by atoms with van der Waals surface area (Å²) in [6.45, 7) is 3.45. The van der Waals surface area contributed by atoms with Gasteiger partial charge in [-0.3, -0.25) is 0 Å². The molecular formula is C11H17NO3S2. The van der Waals surface area contributed by atoms with E-state index < -0.39 is 10.0 Å². The molecule has 1 heterocycles. The Kier molecular flexibility index (Phi) is 3.33. The smallest absolute Gasteiger partial charge is 0.242 e. The summed E-state index contributed by atoms with van der Waals surface area (Å²) >= 11 is 1.29. The van der Waals surface area contributed by atoms with Crippen LogP contribution in [-0.4, -0.2) is 19.1 Å². The van der Waals surface area contributed by atoms with Gasteiger partial charge >= 0.3 is 0 Å². The number of nitrogens with one attached hydrogen (secondary N) is 1. The van der Waals surface area contributed by atoms with Gasteiger partial charge in [0.15, 0.2) is 0 Å². The zero-order valence-corrected chi connectivity index (χ0v) is 11.6. The molecule has 1 fully saturated rings. The molecule has 0 amide bonds. The Morgan fingerprint density at radius 2 is 2.18 bits per heavy atom. The van der Waals surface area contributed by atoms with Crippen molar-refractivity contribution in [2.75, 3.05) is 0 Å². The predicted octanol–water partition coefficient (Wildman–Crippen LogP) is 1.77. The molecule has 0 radical (unpaired) electrons. The van der Waals surface area contributed by atoms with Gasteiger partial charge in [-0.1, -0.05) is 0 Å². The quantitative estimate of drug-likeness (QED) is 0.880. The van der Waals surface area contributed by atoms with Crippen LogP contribution in [0.25, 0.3) is 0 Å². The molecular weight excluding hydrogens is 258 g/mol. The van der Waals surface area contributed by atoms with Gasteiger partial charge in [-0.25, -0.2) is 13.1 Å². The SMILES string of the molecule is Cc1csc(CO)c1S(=O)(=O)NC1(C)CCC1. The van der Waals surface area contributed by atoms with Gasteiger partial charge in [0.1, 0.15) is 4.90 Å². The fourth-order valence-electron chi connectivity index (χ4n) is 2.14. The first-order valence-electron chi connectivity index (χ1n) is 5.60. The molecule has 1 saturated carbocycles. The van der Waals surface area contributed by atoms with Crippen molar-refractivity contribution in [1.29, 1.82) is 0 Å². The average molecular weight is 275 g/mol. The summed E-state index contributed by atoms with van der Waals surface area (Å²) in [5.74, 6) is 0. The number of hydrogen-bond donors (Lipinski definition) is 2. The topological polar surface area (TPSA) is 66.4 Å². The van der Waals surface area contributed by atoms with Crippen molar-refractivity contribution < 1.29 is 13.5 Å². The summed E-state index contributed by atoms with van der Waals surface area (Å²) in [6, 6.07) is 0. The monoisotopic (exact) mass is 275 g/mol. The van der Waals surface area contributed by atoms with Crippen molar-refractivity contribution in [3.8, 4) is 0 Å². The third kappa shape index (κ3) is 2.40. The maximum absolute atomic E-state index is 12.3. The second kappa shape index (κ2) is 4.35. The fourth-order valence-corrected chi connectivity index (χ4v) is 5.27. The molecule has 1 aliphatic rings. The van der Waals surface area contributed by atoms with Crippen LogP contribution in [0.3, 0.4) is 0 Å². The van der Waals surface area contributed by atoms with Crippen molar-refractivity contribution in [1.82, 2.24) is 4.72 Å². The number of aliphatic hydroxyl groups excluding tert-OH is 1. The number of rotatable bonds is 4. The van der Waals surface area contributed by atoms with E-state index in [0.29, 0.717) is 10.4 Å². The number of hydrogen-bond acceptors (Lipinski definition) is 4. The van der Waals surface area contributed by atoms with Crippen molar-refractivity contribution in [3.63, 3.8) is 0 Å². The van der Waals surface area contributed by atoms with Crippen LogP contribution in [0.1, 0.15) is 36.6 Å². The van der Waals surface area contributed by atoms with Crippen LogP contribution in [0, 0.1) is 6.92 Å². The normalized spacial score (nSPS) is 19.0. The molecule has 0 bridgehead atoms. The van der Waals surface area contributed by atoms with Crippen LogP contribution in [0.2, 0.25) is 0 Å². The standard InChI is InChI=1S/C11H17NO3S2/c1-8-7-16-9(6-13)10(8)17(14,15)12-11(2)4-3-5-11/h7,12-13H,3-6H2,1-2H3. The summed E-state index contributed by atoms with van der Waals surface area (Å²) in [6.07, 6.45) is 2.82. The van der Waals surface area contributed by atoms with Crippen LogP contribution in [0.4, 0.5) is 0 Å². The van der Waals surface area contributed by atoms with Crippen LogP contribution >= 0.6 is 11.3 Å². The minimum absolute atomic E-state index is 0.231. The van der Waals surface area contributed by atoms with Crippen LogP contribution in [0.15, 0.2) is 10.3 Å². The highest BCUT2D eigenvalue weighted by atomic mass is 32.2. The van der Waals surface area contributed by atoms with Crippen molar-refractivity contribution >= 4 is 21.4 Å². The van der Waals surface area contributed by atoms with Gasteiger partial charge < -0.3 is 5.11 Å². The van der Waals surface area contributed by atoms with E-state index in [4.69, 9.17) is 0 Å². The van der Waals surface area contributed by atoms with Gasteiger partial charge in [-0.05, 0) is 44.1 Å². The molecule has 2 N–H and O–H groups in total. The van der Waals surface area contributed by atoms with E-state index in [1.165, 1.54) is 11.3 Å². The van der Waals surface area contributed by atoms with E-state index in [1.54, 1.807) is 12.3 Å². The number of sulfonamides is 1. The maximum atomic E-state index is 12.3. The lowest BCUT2D eigenvalue weighted by Crippen LogP contribution is -2.50. The highest BCUT2D eigenvalue weighted by Gasteiger charge is 2.37. The van der Waals surface area contributed by atoms with Crippen molar-refractivity contribution in [2.24, 2.45) is 0 Å². The van der Waals surface area contributed by atoms with E-state index in [-0.39, 0.29) is 17.0 Å². The van der Waals surface area contributed by atoms with E-state index in [2.05, 4.69) is 4.72 Å². The van der Waals surface area contributed by atoms with E-state index in [9.17, 15) is 13.5 Å². The Labute approximate surface area is 106 Å². The van der Waals surface area contributed by atoms with Gasteiger partial charge in [-0.2, -0.15) is 0 Å². The molecule has 2 rings (SSSR count). The second-order valence-corrected chi connectivity index (χ2v) is 7.43. The highest BCUT2D eigenvalue weighted by molar-refractivity contribution is 7.89. The lowest BCUT2D eigenvalue weighted by molar-refractivity contribution is 0.247. The summed E-state index contributed by atoms with van der Waals surface area (Å²) in [7, 11) is -3.51. The molecule has 6 heteroatoms. The zero-order chi connectivity index (χ0) is 12.7. The van der Waals surface area contributed by atoms with Crippen LogP contribution in [-0.2, 0) is 16.6 Å². The first-order valence-corrected chi connectivity index (χ1v) is 7.96. The number of thiophene rings is 1. The van der Waals surface area contributed by atoms with Gasteiger partial charge in [0.25, 0.3) is 0 Å². The Bertz CT molecular complexity index is 515. The van der Waals surface area contributed by atoms with E-state index >= 15 is 0 Å². The molecule has 0 atom stereocenters. The van der Waals surface area contributed by atoms with Crippen molar-refractivity contribution in [3.05, 3.63) is 15.8 Å². The van der Waals surface area contributed by atoms with Gasteiger partial charge in [0, 0.05) is 5.54 Å². The number of aliphatic hydroxyl groups is 1. The maximum Gasteiger partial charge on any atom is 0.242 e. The largest absolute Gasteiger partial charge is 0.391 e. The minimum atomic E-state index is -3.51. The molecule has 0 aliphatic heterocycles. The van der Waals surface area contributed by atoms with Crippen LogP contribution in [0.5, 0.6) is 0 Å². The summed E-state index contributed by atoms with van der Waals surface area (Å²) < 4.78 is 27.3. The minimum Gasteiger partial charge on any atom is -0.391 e. The lowest BCUT2D eigenvalue weighted by atomic mass is 9.80. The van der Waals surface area contributed by atoms with E-state index in [1.807, 2.05) is 6.92 Å². The third-order valence-electron chi connectivity index (χ3n) is 3.24. The van der Waals surface area contributed by atoms with Crippen molar-refractivity contribution in [2.45, 2.75) is 50.2 Å². The molecule has 0 aromatic carbocycles. The molecule has 0 spiro atoms. The Morgan fingerprint density at radius 3 is 2.65 bits per heavy atom. The molecule has 4 nitrogen and oxygen atoms in total. The first kappa shape index (κ1) is 13.0. The fraction of sp³-hybridized carbons (Fsp3) is 0.636. The van der Waals surface area contributed by atoms with Crippen LogP contribution < -0.4 is 4.72 Å². The Balaban J connectivity index is 2.34. The molecule has 17 heavy (non-hydrogen) atoms. The zero-order valence-electron chi connectivity index (χ0n) is 9.99. The first-order chi connectivity index (χ1) is 7.88. The molecule has 1 aliphatic carbocycles. The molecule has 1 aromatic heterocycles.